The molecule has 1 amide bonds. The summed E-state index contributed by atoms with van der Waals surface area (Å²) in [5.74, 6) is 0.631. The van der Waals surface area contributed by atoms with Gasteiger partial charge in [0.1, 0.15) is 5.75 Å². The molecule has 0 N–H and O–H groups in total. The van der Waals surface area contributed by atoms with Crippen molar-refractivity contribution >= 4 is 16.0 Å². The third kappa shape index (κ3) is 4.97. The minimum atomic E-state index is -3.51. The molecule has 1 aliphatic carbocycles. The highest BCUT2D eigenvalue weighted by Crippen LogP contribution is 2.28. The van der Waals surface area contributed by atoms with Gasteiger partial charge in [-0.3, -0.25) is 4.79 Å². The molecular formula is C18H27NO4S. The minimum Gasteiger partial charge on any atom is -0.382 e. The molecule has 1 aliphatic rings. The molecule has 1 aromatic rings. The highest BCUT2D eigenvalue weighted by Gasteiger charge is 2.28. The fraction of sp³-hybridized carbons (Fsp3) is 0.611. The number of nitrogens with zero attached hydrogens (tertiary/aromatic N) is 1. The maximum Gasteiger partial charge on any atom is 0.308 e. The lowest BCUT2D eigenvalue weighted by atomic mass is 10.0. The fourth-order valence-corrected chi connectivity index (χ4v) is 3.50. The SMILES string of the molecule is CCS(=O)(=O)Oc1ccc(CN(C(=O)C2CCCC2)C(C)C)cc1. The number of rotatable bonds is 7. The Morgan fingerprint density at radius 2 is 1.79 bits per heavy atom. The first-order valence-corrected chi connectivity index (χ1v) is 10.2. The maximum atomic E-state index is 12.7. The second-order valence-electron chi connectivity index (χ2n) is 6.61. The monoisotopic (exact) mass is 353 g/mol. The normalized spacial score (nSPS) is 15.7. The molecular weight excluding hydrogens is 326 g/mol. The molecule has 0 aliphatic heterocycles. The number of carbonyl (C=O) groups is 1. The Hall–Kier alpha value is -1.56. The molecule has 6 heteroatoms. The number of hydrogen-bond acceptors (Lipinski definition) is 4. The lowest BCUT2D eigenvalue weighted by Gasteiger charge is -2.29. The summed E-state index contributed by atoms with van der Waals surface area (Å²) in [6, 6.07) is 7.05. The first-order valence-electron chi connectivity index (χ1n) is 8.64. The van der Waals surface area contributed by atoms with E-state index in [9.17, 15) is 13.2 Å². The number of benzene rings is 1. The van der Waals surface area contributed by atoms with Gasteiger partial charge in [0, 0.05) is 18.5 Å². The third-order valence-electron chi connectivity index (χ3n) is 4.46. The van der Waals surface area contributed by atoms with Gasteiger partial charge in [-0.05, 0) is 51.3 Å². The van der Waals surface area contributed by atoms with Crippen LogP contribution in [0.1, 0.15) is 52.0 Å². The largest absolute Gasteiger partial charge is 0.382 e. The molecule has 0 radical (unpaired) electrons. The van der Waals surface area contributed by atoms with Gasteiger partial charge in [0.15, 0.2) is 0 Å². The number of hydrogen-bond donors (Lipinski definition) is 0. The van der Waals surface area contributed by atoms with Crippen LogP contribution in [0.3, 0.4) is 0 Å². The standard InChI is InChI=1S/C18H27NO4S/c1-4-24(21,22)23-17-11-9-15(10-12-17)13-19(14(2)3)18(20)16-7-5-6-8-16/h9-12,14,16H,4-8,13H2,1-3H3. The van der Waals surface area contributed by atoms with Gasteiger partial charge in [-0.2, -0.15) is 8.42 Å². The predicted octanol–water partition coefficient (Wildman–Crippen LogP) is 3.34. The van der Waals surface area contributed by atoms with Gasteiger partial charge in [0.25, 0.3) is 0 Å². The summed E-state index contributed by atoms with van der Waals surface area (Å²) in [4.78, 5) is 14.6. The summed E-state index contributed by atoms with van der Waals surface area (Å²) in [7, 11) is -3.51. The summed E-state index contributed by atoms with van der Waals surface area (Å²) in [5, 5.41) is 0. The molecule has 0 unspecified atom stereocenters. The molecule has 1 aromatic carbocycles. The van der Waals surface area contributed by atoms with Gasteiger partial charge in [-0.25, -0.2) is 0 Å². The molecule has 1 saturated carbocycles. The first kappa shape index (κ1) is 18.8. The van der Waals surface area contributed by atoms with Crippen molar-refractivity contribution in [2.75, 3.05) is 5.75 Å². The molecule has 0 atom stereocenters. The van der Waals surface area contributed by atoms with E-state index in [0.29, 0.717) is 12.3 Å². The molecule has 2 rings (SSSR count). The zero-order valence-electron chi connectivity index (χ0n) is 14.7. The van der Waals surface area contributed by atoms with Crippen molar-refractivity contribution in [2.45, 2.75) is 59.0 Å². The van der Waals surface area contributed by atoms with Crippen LogP contribution in [-0.4, -0.2) is 31.0 Å². The molecule has 0 aromatic heterocycles. The van der Waals surface area contributed by atoms with E-state index >= 15 is 0 Å². The van der Waals surface area contributed by atoms with Gasteiger partial charge in [0.2, 0.25) is 5.91 Å². The van der Waals surface area contributed by atoms with Crippen molar-refractivity contribution in [2.24, 2.45) is 5.92 Å². The predicted molar refractivity (Wildman–Crippen MR) is 94.2 cm³/mol. The fourth-order valence-electron chi connectivity index (χ4n) is 2.97. The molecule has 0 bridgehead atoms. The van der Waals surface area contributed by atoms with Crippen molar-refractivity contribution in [1.82, 2.24) is 4.90 Å². The van der Waals surface area contributed by atoms with Crippen LogP contribution < -0.4 is 4.18 Å². The summed E-state index contributed by atoms with van der Waals surface area (Å²) in [6.07, 6.45) is 4.26. The minimum absolute atomic E-state index is 0.0637. The van der Waals surface area contributed by atoms with Crippen LogP contribution in [0.25, 0.3) is 0 Å². The van der Waals surface area contributed by atoms with Crippen molar-refractivity contribution < 1.29 is 17.4 Å². The first-order chi connectivity index (χ1) is 11.3. The van der Waals surface area contributed by atoms with Crippen molar-refractivity contribution in [3.8, 4) is 5.75 Å². The van der Waals surface area contributed by atoms with Gasteiger partial charge in [-0.1, -0.05) is 25.0 Å². The van der Waals surface area contributed by atoms with Crippen LogP contribution in [0.5, 0.6) is 5.75 Å². The van der Waals surface area contributed by atoms with Gasteiger partial charge in [-0.15, -0.1) is 0 Å². The van der Waals surface area contributed by atoms with Crippen molar-refractivity contribution in [3.63, 3.8) is 0 Å². The molecule has 134 valence electrons. The van der Waals surface area contributed by atoms with Crippen LogP contribution in [0.4, 0.5) is 0 Å². The molecule has 24 heavy (non-hydrogen) atoms. The Labute approximate surface area is 145 Å². The zero-order chi connectivity index (χ0) is 17.7. The van der Waals surface area contributed by atoms with Crippen LogP contribution in [0.2, 0.25) is 0 Å². The van der Waals surface area contributed by atoms with E-state index in [0.717, 1.165) is 31.2 Å². The Morgan fingerprint density at radius 3 is 2.29 bits per heavy atom. The molecule has 0 saturated heterocycles. The Balaban J connectivity index is 2.05. The van der Waals surface area contributed by atoms with E-state index < -0.39 is 10.1 Å². The molecule has 5 nitrogen and oxygen atoms in total. The summed E-state index contributed by atoms with van der Waals surface area (Å²) >= 11 is 0. The van der Waals surface area contributed by atoms with E-state index in [4.69, 9.17) is 4.18 Å². The number of carbonyl (C=O) groups excluding carboxylic acids is 1. The lowest BCUT2D eigenvalue weighted by molar-refractivity contribution is -0.137. The highest BCUT2D eigenvalue weighted by molar-refractivity contribution is 7.87. The Kier molecular flexibility index (Phi) is 6.27. The summed E-state index contributed by atoms with van der Waals surface area (Å²) in [5.41, 5.74) is 0.969. The van der Waals surface area contributed by atoms with E-state index in [2.05, 4.69) is 0 Å². The smallest absolute Gasteiger partial charge is 0.308 e. The maximum absolute atomic E-state index is 12.7. The van der Waals surface area contributed by atoms with Crippen molar-refractivity contribution in [3.05, 3.63) is 29.8 Å². The second kappa shape index (κ2) is 8.01. The lowest BCUT2D eigenvalue weighted by Crippen LogP contribution is -2.39. The highest BCUT2D eigenvalue weighted by atomic mass is 32.2. The molecule has 0 spiro atoms. The van der Waals surface area contributed by atoms with Gasteiger partial charge in [0.05, 0.1) is 5.75 Å². The van der Waals surface area contributed by atoms with E-state index in [1.807, 2.05) is 30.9 Å². The Morgan fingerprint density at radius 1 is 1.21 bits per heavy atom. The van der Waals surface area contributed by atoms with E-state index in [1.165, 1.54) is 0 Å². The van der Waals surface area contributed by atoms with E-state index in [-0.39, 0.29) is 23.6 Å². The van der Waals surface area contributed by atoms with Crippen LogP contribution in [-0.2, 0) is 21.5 Å². The Bertz CT molecular complexity index is 646. The topological polar surface area (TPSA) is 63.7 Å². The summed E-state index contributed by atoms with van der Waals surface area (Å²) < 4.78 is 27.9. The van der Waals surface area contributed by atoms with Gasteiger partial charge < -0.3 is 9.08 Å². The van der Waals surface area contributed by atoms with Crippen LogP contribution >= 0.6 is 0 Å². The van der Waals surface area contributed by atoms with Gasteiger partial charge >= 0.3 is 10.1 Å². The van der Waals surface area contributed by atoms with Crippen LogP contribution in [0.15, 0.2) is 24.3 Å². The van der Waals surface area contributed by atoms with E-state index in [1.54, 1.807) is 19.1 Å². The zero-order valence-corrected chi connectivity index (χ0v) is 15.5. The third-order valence-corrected chi connectivity index (χ3v) is 5.62. The summed E-state index contributed by atoms with van der Waals surface area (Å²) in [6.45, 7) is 6.13. The molecule has 0 heterocycles. The number of amides is 1. The molecule has 1 fully saturated rings. The quantitative estimate of drug-likeness (QED) is 0.705. The van der Waals surface area contributed by atoms with Crippen LogP contribution in [0, 0.1) is 5.92 Å². The average molecular weight is 353 g/mol. The second-order valence-corrected chi connectivity index (χ2v) is 8.47. The average Bonchev–Trinajstić information content (AvgIpc) is 3.07. The van der Waals surface area contributed by atoms with Crippen molar-refractivity contribution in [1.29, 1.82) is 0 Å².